The van der Waals surface area contributed by atoms with Crippen molar-refractivity contribution in [3.8, 4) is 0 Å². The molecule has 1 aliphatic rings. The quantitative estimate of drug-likeness (QED) is 0.438. The fourth-order valence-electron chi connectivity index (χ4n) is 3.45. The third-order valence-corrected chi connectivity index (χ3v) is 6.33. The highest BCUT2D eigenvalue weighted by Crippen LogP contribution is 2.28. The van der Waals surface area contributed by atoms with Crippen molar-refractivity contribution in [2.75, 3.05) is 36.4 Å². The second-order valence-corrected chi connectivity index (χ2v) is 8.31. The lowest BCUT2D eigenvalue weighted by molar-refractivity contribution is -0.384. The number of halogens is 1. The molecular weight excluding hydrogens is 438 g/mol. The van der Waals surface area contributed by atoms with Gasteiger partial charge in [-0.3, -0.25) is 14.9 Å². The summed E-state index contributed by atoms with van der Waals surface area (Å²) >= 11 is 7.72. The molecule has 0 saturated carbocycles. The number of nitrogens with zero attached hydrogens (tertiary/aromatic N) is 4. The van der Waals surface area contributed by atoms with E-state index >= 15 is 0 Å². The number of piperazine rings is 1. The van der Waals surface area contributed by atoms with Gasteiger partial charge in [-0.1, -0.05) is 29.8 Å². The molecule has 2 heterocycles. The van der Waals surface area contributed by atoms with Crippen molar-refractivity contribution in [1.29, 1.82) is 0 Å². The van der Waals surface area contributed by atoms with Gasteiger partial charge in [-0.2, -0.15) is 0 Å². The Hall–Kier alpha value is -3.17. The zero-order valence-electron chi connectivity index (χ0n) is 16.5. The van der Waals surface area contributed by atoms with Crippen LogP contribution in [-0.4, -0.2) is 46.9 Å². The molecule has 31 heavy (non-hydrogen) atoms. The maximum absolute atomic E-state index is 12.9. The Morgan fingerprint density at radius 1 is 1.19 bits per heavy atom. The summed E-state index contributed by atoms with van der Waals surface area (Å²) < 4.78 is 0. The second kappa shape index (κ2) is 9.32. The van der Waals surface area contributed by atoms with Crippen molar-refractivity contribution in [1.82, 2.24) is 9.88 Å². The van der Waals surface area contributed by atoms with E-state index in [0.29, 0.717) is 49.0 Å². The van der Waals surface area contributed by atoms with Gasteiger partial charge < -0.3 is 15.1 Å². The highest BCUT2D eigenvalue weighted by molar-refractivity contribution is 7.13. The first-order valence-electron chi connectivity index (χ1n) is 9.72. The smallest absolute Gasteiger partial charge is 0.293 e. The Balaban J connectivity index is 1.45. The maximum Gasteiger partial charge on any atom is 0.293 e. The van der Waals surface area contributed by atoms with Crippen LogP contribution >= 0.6 is 22.9 Å². The first-order valence-corrected chi connectivity index (χ1v) is 11.0. The van der Waals surface area contributed by atoms with Gasteiger partial charge in [0.15, 0.2) is 5.13 Å². The first kappa shape index (κ1) is 21.1. The van der Waals surface area contributed by atoms with Crippen molar-refractivity contribution in [2.24, 2.45) is 0 Å². The number of thiazole rings is 1. The SMILES string of the molecule is O=C(c1ccc(NCc2ccccc2Cl)c([N+](=O)[O-])c1)N1CCN(c2nccs2)CC1. The van der Waals surface area contributed by atoms with Crippen LogP contribution in [0.2, 0.25) is 5.02 Å². The summed E-state index contributed by atoms with van der Waals surface area (Å²) in [4.78, 5) is 32.2. The number of amides is 1. The van der Waals surface area contributed by atoms with Crippen LogP contribution in [-0.2, 0) is 6.54 Å². The molecule has 1 saturated heterocycles. The molecule has 0 radical (unpaired) electrons. The Kier molecular flexibility index (Phi) is 6.34. The molecule has 8 nitrogen and oxygen atoms in total. The Morgan fingerprint density at radius 3 is 2.65 bits per heavy atom. The normalized spacial score (nSPS) is 13.8. The van der Waals surface area contributed by atoms with Crippen molar-refractivity contribution >= 4 is 45.4 Å². The van der Waals surface area contributed by atoms with E-state index in [2.05, 4.69) is 15.2 Å². The zero-order chi connectivity index (χ0) is 21.8. The molecule has 4 rings (SSSR count). The number of hydrogen-bond donors (Lipinski definition) is 1. The summed E-state index contributed by atoms with van der Waals surface area (Å²) in [6.45, 7) is 2.78. The van der Waals surface area contributed by atoms with Crippen LogP contribution in [0.3, 0.4) is 0 Å². The molecule has 10 heteroatoms. The average molecular weight is 458 g/mol. The van der Waals surface area contributed by atoms with Gasteiger partial charge in [0.25, 0.3) is 11.6 Å². The maximum atomic E-state index is 12.9. The number of nitrogens with one attached hydrogen (secondary N) is 1. The number of carbonyl (C=O) groups excluding carboxylic acids is 1. The van der Waals surface area contributed by atoms with Crippen LogP contribution in [0.4, 0.5) is 16.5 Å². The van der Waals surface area contributed by atoms with Crippen LogP contribution in [0.5, 0.6) is 0 Å². The topological polar surface area (TPSA) is 91.6 Å². The Bertz CT molecular complexity index is 1080. The van der Waals surface area contributed by atoms with Crippen molar-refractivity contribution in [3.05, 3.63) is 80.3 Å². The summed E-state index contributed by atoms with van der Waals surface area (Å²) in [5, 5.41) is 18.1. The van der Waals surface area contributed by atoms with E-state index in [1.165, 1.54) is 6.07 Å². The summed E-state index contributed by atoms with van der Waals surface area (Å²) in [6.07, 6.45) is 1.76. The molecule has 0 aliphatic carbocycles. The first-order chi connectivity index (χ1) is 15.0. The lowest BCUT2D eigenvalue weighted by atomic mass is 10.1. The minimum atomic E-state index is -0.480. The predicted octanol–water partition coefficient (Wildman–Crippen LogP) is 4.28. The van der Waals surface area contributed by atoms with Crippen LogP contribution in [0.1, 0.15) is 15.9 Å². The van der Waals surface area contributed by atoms with Crippen molar-refractivity contribution < 1.29 is 9.72 Å². The number of benzene rings is 2. The molecule has 160 valence electrons. The van der Waals surface area contributed by atoms with E-state index in [1.54, 1.807) is 40.6 Å². The van der Waals surface area contributed by atoms with Gasteiger partial charge in [0.2, 0.25) is 0 Å². The molecule has 1 aliphatic heterocycles. The van der Waals surface area contributed by atoms with E-state index < -0.39 is 4.92 Å². The van der Waals surface area contributed by atoms with Crippen LogP contribution < -0.4 is 10.2 Å². The fourth-order valence-corrected chi connectivity index (χ4v) is 4.35. The average Bonchev–Trinajstić information content (AvgIpc) is 3.33. The third-order valence-electron chi connectivity index (χ3n) is 5.13. The van der Waals surface area contributed by atoms with E-state index in [1.807, 2.05) is 23.6 Å². The zero-order valence-corrected chi connectivity index (χ0v) is 18.1. The number of rotatable bonds is 6. The van der Waals surface area contributed by atoms with Crippen LogP contribution in [0.25, 0.3) is 0 Å². The number of anilines is 2. The van der Waals surface area contributed by atoms with Gasteiger partial charge in [0.05, 0.1) is 4.92 Å². The standard InChI is InChI=1S/C21H20ClN5O3S/c22-17-4-2-1-3-16(17)14-24-18-6-5-15(13-19(18)27(29)30)20(28)25-8-10-26(11-9-25)21-23-7-12-31-21/h1-7,12-13,24H,8-11,14H2. The minimum absolute atomic E-state index is 0.140. The number of aromatic nitrogens is 1. The summed E-state index contributed by atoms with van der Waals surface area (Å²) in [6, 6.07) is 11.8. The highest BCUT2D eigenvalue weighted by atomic mass is 35.5. The van der Waals surface area contributed by atoms with Gasteiger partial charge in [-0.15, -0.1) is 11.3 Å². The van der Waals surface area contributed by atoms with Crippen molar-refractivity contribution in [2.45, 2.75) is 6.54 Å². The molecule has 3 aromatic rings. The third kappa shape index (κ3) is 4.78. The molecule has 1 amide bonds. The number of nitro benzene ring substituents is 1. The summed E-state index contributed by atoms with van der Waals surface area (Å²) in [7, 11) is 0. The van der Waals surface area contributed by atoms with E-state index in [-0.39, 0.29) is 11.6 Å². The molecule has 1 aromatic heterocycles. The molecule has 0 unspecified atom stereocenters. The molecule has 2 aromatic carbocycles. The molecule has 1 fully saturated rings. The van der Waals surface area contributed by atoms with E-state index in [9.17, 15) is 14.9 Å². The monoisotopic (exact) mass is 457 g/mol. The molecule has 0 atom stereocenters. The number of carbonyl (C=O) groups is 1. The fraction of sp³-hybridized carbons (Fsp3) is 0.238. The number of nitro groups is 1. The van der Waals surface area contributed by atoms with Crippen LogP contribution in [0.15, 0.2) is 54.0 Å². The lowest BCUT2D eigenvalue weighted by Crippen LogP contribution is -2.48. The van der Waals surface area contributed by atoms with Gasteiger partial charge in [-0.25, -0.2) is 4.98 Å². The molecule has 0 bridgehead atoms. The summed E-state index contributed by atoms with van der Waals surface area (Å²) in [5.74, 6) is -0.209. The van der Waals surface area contributed by atoms with E-state index in [4.69, 9.17) is 11.6 Å². The Morgan fingerprint density at radius 2 is 1.97 bits per heavy atom. The van der Waals surface area contributed by atoms with E-state index in [0.717, 1.165) is 10.7 Å². The van der Waals surface area contributed by atoms with Gasteiger partial charge >= 0.3 is 0 Å². The van der Waals surface area contributed by atoms with Gasteiger partial charge in [0, 0.05) is 61.0 Å². The van der Waals surface area contributed by atoms with Gasteiger partial charge in [0.1, 0.15) is 5.69 Å². The van der Waals surface area contributed by atoms with Crippen LogP contribution in [0, 0.1) is 10.1 Å². The lowest BCUT2D eigenvalue weighted by Gasteiger charge is -2.34. The second-order valence-electron chi connectivity index (χ2n) is 7.03. The van der Waals surface area contributed by atoms with Crippen molar-refractivity contribution in [3.63, 3.8) is 0 Å². The largest absolute Gasteiger partial charge is 0.375 e. The molecule has 1 N–H and O–H groups in total. The molecular formula is C21H20ClN5O3S. The predicted molar refractivity (Wildman–Crippen MR) is 122 cm³/mol. The minimum Gasteiger partial charge on any atom is -0.375 e. The Labute approximate surface area is 188 Å². The summed E-state index contributed by atoms with van der Waals surface area (Å²) in [5.41, 5.74) is 1.34. The number of hydrogen-bond acceptors (Lipinski definition) is 7. The van der Waals surface area contributed by atoms with Gasteiger partial charge in [-0.05, 0) is 23.8 Å². The highest BCUT2D eigenvalue weighted by Gasteiger charge is 2.25. The molecule has 0 spiro atoms.